The topological polar surface area (TPSA) is 83.9 Å². The van der Waals surface area contributed by atoms with E-state index >= 15 is 0 Å². The van der Waals surface area contributed by atoms with Gasteiger partial charge in [0, 0.05) is 32.6 Å². The number of nitrogens with one attached hydrogen (secondary N) is 2. The van der Waals surface area contributed by atoms with E-state index in [1.54, 1.807) is 0 Å². The standard InChI is InChI=1S/C19H21N7O/c1-20-19-16-17(25(2)11-21-16)12-10-14(23-18(12)24-19)13-4-3-5-15(22-13)26-6-8-27-9-7-26/h3-5,10-11H,6-9H2,1-2H3,(H2,20,23,24). The number of nitrogens with zero attached hydrogens (tertiary/aromatic N) is 5. The highest BCUT2D eigenvalue weighted by Crippen LogP contribution is 2.31. The summed E-state index contributed by atoms with van der Waals surface area (Å²) >= 11 is 0. The molecule has 0 bridgehead atoms. The average Bonchev–Trinajstić information content (AvgIpc) is 3.32. The van der Waals surface area contributed by atoms with E-state index in [2.05, 4.69) is 26.3 Å². The van der Waals surface area contributed by atoms with Crippen LogP contribution in [0.1, 0.15) is 0 Å². The first-order valence-corrected chi connectivity index (χ1v) is 9.06. The van der Waals surface area contributed by atoms with Crippen molar-refractivity contribution in [3.63, 3.8) is 0 Å². The zero-order chi connectivity index (χ0) is 18.4. The normalized spacial score (nSPS) is 15.0. The van der Waals surface area contributed by atoms with Gasteiger partial charge in [0.25, 0.3) is 0 Å². The minimum absolute atomic E-state index is 0.744. The number of hydrogen-bond acceptors (Lipinski definition) is 6. The third kappa shape index (κ3) is 2.60. The molecule has 1 aliphatic heterocycles. The number of aromatic amines is 1. The van der Waals surface area contributed by atoms with Crippen LogP contribution in [0.15, 0.2) is 30.6 Å². The van der Waals surface area contributed by atoms with Gasteiger partial charge in [-0.05, 0) is 18.2 Å². The second-order valence-corrected chi connectivity index (χ2v) is 6.69. The van der Waals surface area contributed by atoms with Gasteiger partial charge < -0.3 is 24.5 Å². The molecular weight excluding hydrogens is 342 g/mol. The lowest BCUT2D eigenvalue weighted by Crippen LogP contribution is -2.36. The van der Waals surface area contributed by atoms with E-state index in [1.807, 2.05) is 43.2 Å². The minimum atomic E-state index is 0.744. The number of pyridine rings is 2. The Kier molecular flexibility index (Phi) is 3.71. The maximum atomic E-state index is 5.44. The van der Waals surface area contributed by atoms with Gasteiger partial charge in [0.1, 0.15) is 17.0 Å². The monoisotopic (exact) mass is 363 g/mol. The summed E-state index contributed by atoms with van der Waals surface area (Å²) in [7, 11) is 3.86. The van der Waals surface area contributed by atoms with Crippen molar-refractivity contribution >= 4 is 33.7 Å². The number of ether oxygens (including phenoxy) is 1. The Morgan fingerprint density at radius 2 is 2.04 bits per heavy atom. The van der Waals surface area contributed by atoms with Gasteiger partial charge in [0.05, 0.1) is 36.4 Å². The number of aromatic nitrogens is 5. The van der Waals surface area contributed by atoms with Gasteiger partial charge in [0.2, 0.25) is 0 Å². The highest BCUT2D eigenvalue weighted by Gasteiger charge is 2.17. The summed E-state index contributed by atoms with van der Waals surface area (Å²) in [4.78, 5) is 19.7. The molecule has 27 heavy (non-hydrogen) atoms. The van der Waals surface area contributed by atoms with Gasteiger partial charge in [-0.25, -0.2) is 15.0 Å². The van der Waals surface area contributed by atoms with Gasteiger partial charge in [-0.15, -0.1) is 0 Å². The second kappa shape index (κ2) is 6.24. The molecule has 4 aromatic heterocycles. The van der Waals surface area contributed by atoms with E-state index in [4.69, 9.17) is 14.7 Å². The Hall–Kier alpha value is -3.13. The molecule has 0 radical (unpaired) electrons. The Morgan fingerprint density at radius 1 is 1.19 bits per heavy atom. The number of anilines is 2. The summed E-state index contributed by atoms with van der Waals surface area (Å²) in [6.45, 7) is 3.22. The molecule has 8 heteroatoms. The molecule has 4 aromatic rings. The summed E-state index contributed by atoms with van der Waals surface area (Å²) in [6.07, 6.45) is 1.82. The molecule has 0 amide bonds. The number of imidazole rings is 1. The van der Waals surface area contributed by atoms with Crippen molar-refractivity contribution in [2.24, 2.45) is 7.05 Å². The lowest BCUT2D eigenvalue weighted by molar-refractivity contribution is 0.122. The third-order valence-electron chi connectivity index (χ3n) is 5.02. The zero-order valence-corrected chi connectivity index (χ0v) is 15.4. The molecule has 1 saturated heterocycles. The minimum Gasteiger partial charge on any atom is -0.378 e. The number of rotatable bonds is 3. The highest BCUT2D eigenvalue weighted by molar-refractivity contribution is 6.07. The fourth-order valence-corrected chi connectivity index (χ4v) is 3.65. The van der Waals surface area contributed by atoms with Gasteiger partial charge in [-0.1, -0.05) is 6.07 Å². The molecular formula is C19H21N7O. The second-order valence-electron chi connectivity index (χ2n) is 6.69. The first-order chi connectivity index (χ1) is 13.2. The van der Waals surface area contributed by atoms with E-state index in [-0.39, 0.29) is 0 Å². The number of H-pyrrole nitrogens is 1. The number of hydrogen-bond donors (Lipinski definition) is 2. The van der Waals surface area contributed by atoms with Crippen molar-refractivity contribution in [1.29, 1.82) is 0 Å². The Morgan fingerprint density at radius 3 is 2.85 bits per heavy atom. The van der Waals surface area contributed by atoms with Crippen molar-refractivity contribution in [3.8, 4) is 11.4 Å². The summed E-state index contributed by atoms with van der Waals surface area (Å²) < 4.78 is 7.47. The van der Waals surface area contributed by atoms with E-state index in [0.717, 1.165) is 71.4 Å². The largest absolute Gasteiger partial charge is 0.378 e. The molecule has 5 heterocycles. The van der Waals surface area contributed by atoms with Gasteiger partial charge in [0.15, 0.2) is 5.82 Å². The Balaban J connectivity index is 1.63. The van der Waals surface area contributed by atoms with Crippen LogP contribution in [0.25, 0.3) is 33.5 Å². The van der Waals surface area contributed by atoms with Gasteiger partial charge in [-0.3, -0.25) is 0 Å². The molecule has 138 valence electrons. The Labute approximate surface area is 156 Å². The van der Waals surface area contributed by atoms with Crippen LogP contribution in [0.3, 0.4) is 0 Å². The number of aryl methyl sites for hydroxylation is 1. The molecule has 0 unspecified atom stereocenters. The van der Waals surface area contributed by atoms with Crippen LogP contribution in [0.2, 0.25) is 0 Å². The lowest BCUT2D eigenvalue weighted by Gasteiger charge is -2.27. The molecule has 0 spiro atoms. The van der Waals surface area contributed by atoms with Crippen molar-refractivity contribution in [1.82, 2.24) is 24.5 Å². The van der Waals surface area contributed by atoms with Crippen LogP contribution < -0.4 is 10.2 Å². The SMILES string of the molecule is CNc1nc2[nH]c(-c3cccc(N4CCOCC4)n3)cc2c2c1ncn2C. The molecule has 0 aliphatic carbocycles. The summed E-state index contributed by atoms with van der Waals surface area (Å²) in [5.74, 6) is 1.74. The molecule has 2 N–H and O–H groups in total. The lowest BCUT2D eigenvalue weighted by atomic mass is 10.2. The maximum absolute atomic E-state index is 5.44. The van der Waals surface area contributed by atoms with Crippen LogP contribution in [0.5, 0.6) is 0 Å². The van der Waals surface area contributed by atoms with E-state index in [1.165, 1.54) is 0 Å². The molecule has 8 nitrogen and oxygen atoms in total. The van der Waals surface area contributed by atoms with E-state index in [9.17, 15) is 0 Å². The fraction of sp³-hybridized carbons (Fsp3) is 0.316. The van der Waals surface area contributed by atoms with Crippen LogP contribution in [0, 0.1) is 0 Å². The van der Waals surface area contributed by atoms with Gasteiger partial charge >= 0.3 is 0 Å². The molecule has 0 atom stereocenters. The summed E-state index contributed by atoms with van der Waals surface area (Å²) in [5.41, 5.74) is 4.59. The first kappa shape index (κ1) is 16.1. The molecule has 0 saturated carbocycles. The van der Waals surface area contributed by atoms with Crippen LogP contribution in [-0.4, -0.2) is 57.9 Å². The third-order valence-corrected chi connectivity index (χ3v) is 5.02. The smallest absolute Gasteiger partial charge is 0.156 e. The van der Waals surface area contributed by atoms with Crippen molar-refractivity contribution < 1.29 is 4.74 Å². The van der Waals surface area contributed by atoms with Crippen LogP contribution in [-0.2, 0) is 11.8 Å². The first-order valence-electron chi connectivity index (χ1n) is 9.06. The predicted molar refractivity (Wildman–Crippen MR) is 106 cm³/mol. The summed E-state index contributed by atoms with van der Waals surface area (Å²) in [5, 5.41) is 4.17. The average molecular weight is 363 g/mol. The van der Waals surface area contributed by atoms with Crippen molar-refractivity contribution in [2.75, 3.05) is 43.6 Å². The number of morpholine rings is 1. The fourth-order valence-electron chi connectivity index (χ4n) is 3.65. The summed E-state index contributed by atoms with van der Waals surface area (Å²) in [6, 6.07) is 8.23. The number of fused-ring (bicyclic) bond motifs is 3. The molecule has 5 rings (SSSR count). The van der Waals surface area contributed by atoms with Crippen molar-refractivity contribution in [3.05, 3.63) is 30.6 Å². The van der Waals surface area contributed by atoms with E-state index < -0.39 is 0 Å². The maximum Gasteiger partial charge on any atom is 0.156 e. The van der Waals surface area contributed by atoms with Crippen LogP contribution >= 0.6 is 0 Å². The van der Waals surface area contributed by atoms with Crippen LogP contribution in [0.4, 0.5) is 11.6 Å². The quantitative estimate of drug-likeness (QED) is 0.581. The highest BCUT2D eigenvalue weighted by atomic mass is 16.5. The zero-order valence-electron chi connectivity index (χ0n) is 15.4. The molecule has 1 fully saturated rings. The molecule has 0 aromatic carbocycles. The van der Waals surface area contributed by atoms with Crippen molar-refractivity contribution in [2.45, 2.75) is 0 Å². The predicted octanol–water partition coefficient (Wildman–Crippen LogP) is 2.39. The van der Waals surface area contributed by atoms with Gasteiger partial charge in [-0.2, -0.15) is 0 Å². The van der Waals surface area contributed by atoms with E-state index in [0.29, 0.717) is 0 Å². The molecule has 1 aliphatic rings. The Bertz CT molecular complexity index is 1120.